The van der Waals surface area contributed by atoms with Gasteiger partial charge in [-0.25, -0.2) is 4.98 Å². The first kappa shape index (κ1) is 21.8. The molecule has 0 radical (unpaired) electrons. The number of aromatic nitrogens is 2. The minimum absolute atomic E-state index is 0.0287. The number of nitrogens with zero attached hydrogens (tertiary/aromatic N) is 2. The van der Waals surface area contributed by atoms with Crippen molar-refractivity contribution in [2.24, 2.45) is 5.92 Å². The van der Waals surface area contributed by atoms with Gasteiger partial charge in [0.1, 0.15) is 11.6 Å². The number of para-hydroxylation sites is 1. The van der Waals surface area contributed by atoms with E-state index in [2.05, 4.69) is 26.0 Å². The van der Waals surface area contributed by atoms with Crippen LogP contribution in [0.5, 0.6) is 5.75 Å². The lowest BCUT2D eigenvalue weighted by molar-refractivity contribution is 0.201. The lowest BCUT2D eigenvalue weighted by atomic mass is 10.0. The predicted molar refractivity (Wildman–Crippen MR) is 120 cm³/mol. The monoisotopic (exact) mass is 406 g/mol. The van der Waals surface area contributed by atoms with Gasteiger partial charge >= 0.3 is 0 Å². The lowest BCUT2D eigenvalue weighted by Crippen LogP contribution is -2.30. The molecule has 158 valence electrons. The van der Waals surface area contributed by atoms with E-state index in [4.69, 9.17) is 9.72 Å². The van der Waals surface area contributed by atoms with Crippen LogP contribution in [0.15, 0.2) is 59.4 Å². The van der Waals surface area contributed by atoms with Crippen LogP contribution in [0.25, 0.3) is 11.4 Å². The van der Waals surface area contributed by atoms with Crippen LogP contribution in [0.1, 0.15) is 30.7 Å². The van der Waals surface area contributed by atoms with Crippen molar-refractivity contribution < 1.29 is 9.84 Å². The van der Waals surface area contributed by atoms with E-state index in [9.17, 15) is 9.90 Å². The molecule has 3 aromatic rings. The second-order valence-corrected chi connectivity index (χ2v) is 7.91. The van der Waals surface area contributed by atoms with E-state index in [1.165, 1.54) is 0 Å². The molecule has 2 aromatic carbocycles. The maximum absolute atomic E-state index is 13.6. The fourth-order valence-corrected chi connectivity index (χ4v) is 3.62. The van der Waals surface area contributed by atoms with Crippen LogP contribution < -0.4 is 5.56 Å². The van der Waals surface area contributed by atoms with Gasteiger partial charge in [-0.2, -0.15) is 0 Å². The zero-order chi connectivity index (χ0) is 21.5. The Kier molecular flexibility index (Phi) is 7.41. The summed E-state index contributed by atoms with van der Waals surface area (Å²) in [4.78, 5) is 18.5. The first-order valence-corrected chi connectivity index (χ1v) is 10.4. The van der Waals surface area contributed by atoms with Gasteiger partial charge in [0.05, 0.1) is 17.9 Å². The molecule has 3 rings (SSSR count). The number of rotatable bonds is 9. The number of aromatic hydroxyl groups is 1. The van der Waals surface area contributed by atoms with E-state index < -0.39 is 0 Å². The topological polar surface area (TPSA) is 64.3 Å². The van der Waals surface area contributed by atoms with Gasteiger partial charge in [0, 0.05) is 25.6 Å². The standard InChI is InChI=1S/C25H30N2O3/c1-18(2)17-21-22(14-16-30-3)26-24(20-11-7-8-12-23(20)28)27(25(21)29)15-13-19-9-5-4-6-10-19/h4-12,18,28H,13-17H2,1-3H3. The van der Waals surface area contributed by atoms with Gasteiger partial charge in [-0.3, -0.25) is 9.36 Å². The van der Waals surface area contributed by atoms with Gasteiger partial charge in [-0.1, -0.05) is 56.3 Å². The third kappa shape index (κ3) is 5.16. The van der Waals surface area contributed by atoms with Crippen LogP contribution in [0.3, 0.4) is 0 Å². The first-order chi connectivity index (χ1) is 14.5. The maximum atomic E-state index is 13.6. The number of methoxy groups -OCH3 is 1. The lowest BCUT2D eigenvalue weighted by Gasteiger charge is -2.19. The summed E-state index contributed by atoms with van der Waals surface area (Å²) in [7, 11) is 1.65. The average Bonchev–Trinajstić information content (AvgIpc) is 2.74. The molecule has 0 aliphatic rings. The van der Waals surface area contributed by atoms with Crippen molar-refractivity contribution >= 4 is 0 Å². The number of ether oxygens (including phenoxy) is 1. The Balaban J connectivity index is 2.14. The Morgan fingerprint density at radius 1 is 1.03 bits per heavy atom. The van der Waals surface area contributed by atoms with Crippen LogP contribution in [0, 0.1) is 5.92 Å². The Labute approximate surface area is 178 Å². The van der Waals surface area contributed by atoms with E-state index >= 15 is 0 Å². The number of phenolic OH excluding ortho intramolecular Hbond substituents is 1. The molecular weight excluding hydrogens is 376 g/mol. The summed E-state index contributed by atoms with van der Waals surface area (Å²) in [5.41, 5.74) is 3.19. The fourth-order valence-electron chi connectivity index (χ4n) is 3.62. The normalized spacial score (nSPS) is 11.2. The minimum Gasteiger partial charge on any atom is -0.507 e. The smallest absolute Gasteiger partial charge is 0.257 e. The van der Waals surface area contributed by atoms with Crippen LogP contribution in [-0.2, 0) is 30.5 Å². The highest BCUT2D eigenvalue weighted by Crippen LogP contribution is 2.27. The molecule has 5 heteroatoms. The van der Waals surface area contributed by atoms with Crippen LogP contribution in [-0.4, -0.2) is 28.4 Å². The minimum atomic E-state index is -0.0287. The average molecular weight is 407 g/mol. The molecule has 0 saturated heterocycles. The molecule has 0 atom stereocenters. The van der Waals surface area contributed by atoms with Crippen LogP contribution in [0.4, 0.5) is 0 Å². The largest absolute Gasteiger partial charge is 0.507 e. The molecule has 0 unspecified atom stereocenters. The Bertz CT molecular complexity index is 1030. The summed E-state index contributed by atoms with van der Waals surface area (Å²) in [6, 6.07) is 17.1. The molecule has 1 heterocycles. The van der Waals surface area contributed by atoms with Crippen molar-refractivity contribution in [1.82, 2.24) is 9.55 Å². The molecule has 0 spiro atoms. The summed E-state index contributed by atoms with van der Waals surface area (Å²) in [6.45, 7) is 5.19. The summed E-state index contributed by atoms with van der Waals surface area (Å²) in [6.07, 6.45) is 1.94. The fraction of sp³-hybridized carbons (Fsp3) is 0.360. The summed E-state index contributed by atoms with van der Waals surface area (Å²) >= 11 is 0. The van der Waals surface area contributed by atoms with Gasteiger partial charge in [0.2, 0.25) is 0 Å². The number of phenols is 1. The molecule has 0 aliphatic heterocycles. The highest BCUT2D eigenvalue weighted by molar-refractivity contribution is 5.64. The highest BCUT2D eigenvalue weighted by atomic mass is 16.5. The van der Waals surface area contributed by atoms with Gasteiger partial charge in [-0.15, -0.1) is 0 Å². The van der Waals surface area contributed by atoms with Crippen molar-refractivity contribution in [2.75, 3.05) is 13.7 Å². The number of aryl methyl sites for hydroxylation is 1. The third-order valence-corrected chi connectivity index (χ3v) is 5.12. The van der Waals surface area contributed by atoms with E-state index in [1.807, 2.05) is 24.3 Å². The molecule has 1 aromatic heterocycles. The molecular formula is C25H30N2O3. The molecule has 0 fully saturated rings. The zero-order valence-electron chi connectivity index (χ0n) is 18.0. The van der Waals surface area contributed by atoms with Crippen molar-refractivity contribution in [3.8, 4) is 17.1 Å². The van der Waals surface area contributed by atoms with Crippen molar-refractivity contribution in [3.63, 3.8) is 0 Å². The second-order valence-electron chi connectivity index (χ2n) is 7.91. The highest BCUT2D eigenvalue weighted by Gasteiger charge is 2.20. The quantitative estimate of drug-likeness (QED) is 0.577. The molecule has 0 saturated carbocycles. The Hall–Kier alpha value is -2.92. The van der Waals surface area contributed by atoms with E-state index in [-0.39, 0.29) is 11.3 Å². The second kappa shape index (κ2) is 10.2. The Morgan fingerprint density at radius 2 is 1.73 bits per heavy atom. The van der Waals surface area contributed by atoms with E-state index in [1.54, 1.807) is 29.9 Å². The van der Waals surface area contributed by atoms with Crippen molar-refractivity contribution in [3.05, 3.63) is 81.8 Å². The van der Waals surface area contributed by atoms with E-state index in [0.29, 0.717) is 49.7 Å². The zero-order valence-corrected chi connectivity index (χ0v) is 18.0. The van der Waals surface area contributed by atoms with E-state index in [0.717, 1.165) is 16.8 Å². The van der Waals surface area contributed by atoms with Crippen LogP contribution >= 0.6 is 0 Å². The number of benzene rings is 2. The molecule has 0 aliphatic carbocycles. The molecule has 0 amide bonds. The molecule has 0 bridgehead atoms. The predicted octanol–water partition coefficient (Wildman–Crippen LogP) is 4.25. The maximum Gasteiger partial charge on any atom is 0.257 e. The van der Waals surface area contributed by atoms with Crippen molar-refractivity contribution in [1.29, 1.82) is 0 Å². The third-order valence-electron chi connectivity index (χ3n) is 5.12. The summed E-state index contributed by atoms with van der Waals surface area (Å²) in [5, 5.41) is 10.5. The molecule has 30 heavy (non-hydrogen) atoms. The van der Waals surface area contributed by atoms with Gasteiger partial charge in [0.15, 0.2) is 0 Å². The van der Waals surface area contributed by atoms with Gasteiger partial charge in [0.25, 0.3) is 5.56 Å². The van der Waals surface area contributed by atoms with Crippen molar-refractivity contribution in [2.45, 2.75) is 39.7 Å². The summed E-state index contributed by atoms with van der Waals surface area (Å²) in [5.74, 6) is 0.958. The van der Waals surface area contributed by atoms with Gasteiger partial charge in [-0.05, 0) is 36.5 Å². The van der Waals surface area contributed by atoms with Crippen LogP contribution in [0.2, 0.25) is 0 Å². The SMILES string of the molecule is COCCc1nc(-c2ccccc2O)n(CCc2ccccc2)c(=O)c1CC(C)C. The summed E-state index contributed by atoms with van der Waals surface area (Å²) < 4.78 is 6.97. The van der Waals surface area contributed by atoms with Gasteiger partial charge < -0.3 is 9.84 Å². The number of hydrogen-bond acceptors (Lipinski definition) is 4. The number of hydrogen-bond donors (Lipinski definition) is 1. The molecule has 1 N–H and O–H groups in total. The first-order valence-electron chi connectivity index (χ1n) is 10.4. The molecule has 5 nitrogen and oxygen atoms in total. The Morgan fingerprint density at radius 3 is 2.40 bits per heavy atom.